The molecule has 0 radical (unpaired) electrons. The summed E-state index contributed by atoms with van der Waals surface area (Å²) in [5.74, 6) is 1.16. The van der Waals surface area contributed by atoms with Crippen LogP contribution < -0.4 is 9.47 Å². The molecule has 0 heterocycles. The number of benzene rings is 2. The van der Waals surface area contributed by atoms with Crippen molar-refractivity contribution in [3.63, 3.8) is 0 Å². The highest BCUT2D eigenvalue weighted by molar-refractivity contribution is 6.32. The average molecular weight is 303 g/mol. The number of ether oxygens (including phenoxy) is 2. The highest BCUT2D eigenvalue weighted by atomic mass is 35.5. The number of hydrogen-bond donors (Lipinski definition) is 0. The number of carbonyl (C=O) groups is 1. The van der Waals surface area contributed by atoms with Crippen LogP contribution in [0.4, 0.5) is 0 Å². The molecule has 0 fully saturated rings. The Hall–Kier alpha value is -2.26. The van der Waals surface area contributed by atoms with Gasteiger partial charge >= 0.3 is 0 Å². The van der Waals surface area contributed by atoms with Crippen molar-refractivity contribution in [2.24, 2.45) is 0 Å². The fourth-order valence-corrected chi connectivity index (χ4v) is 2.10. The zero-order chi connectivity index (χ0) is 15.2. The fourth-order valence-electron chi connectivity index (χ4n) is 1.83. The monoisotopic (exact) mass is 302 g/mol. The molecule has 108 valence electrons. The van der Waals surface area contributed by atoms with Crippen LogP contribution in [0.3, 0.4) is 0 Å². The van der Waals surface area contributed by atoms with E-state index in [1.54, 1.807) is 56.7 Å². The first-order chi connectivity index (χ1) is 10.1. The van der Waals surface area contributed by atoms with Crippen LogP contribution in [0.5, 0.6) is 11.5 Å². The lowest BCUT2D eigenvalue weighted by Crippen LogP contribution is -1.95. The van der Waals surface area contributed by atoms with E-state index in [1.807, 2.05) is 6.07 Å². The molecule has 0 unspecified atom stereocenters. The summed E-state index contributed by atoms with van der Waals surface area (Å²) in [4.78, 5) is 12.1. The third-order valence-corrected chi connectivity index (χ3v) is 3.25. The van der Waals surface area contributed by atoms with E-state index in [9.17, 15) is 4.79 Å². The van der Waals surface area contributed by atoms with Crippen LogP contribution >= 0.6 is 11.6 Å². The van der Waals surface area contributed by atoms with Gasteiger partial charge in [-0.15, -0.1) is 0 Å². The van der Waals surface area contributed by atoms with E-state index in [-0.39, 0.29) is 5.78 Å². The molecule has 0 bridgehead atoms. The Labute approximate surface area is 128 Å². The lowest BCUT2D eigenvalue weighted by atomic mass is 10.1. The lowest BCUT2D eigenvalue weighted by molar-refractivity contribution is 0.104. The van der Waals surface area contributed by atoms with Gasteiger partial charge in [0.05, 0.1) is 19.2 Å². The first-order valence-electron chi connectivity index (χ1n) is 6.34. The Bertz CT molecular complexity index is 677. The molecule has 0 amide bonds. The van der Waals surface area contributed by atoms with E-state index < -0.39 is 0 Å². The molecule has 0 spiro atoms. The van der Waals surface area contributed by atoms with Gasteiger partial charge < -0.3 is 9.47 Å². The van der Waals surface area contributed by atoms with Gasteiger partial charge in [-0.25, -0.2) is 0 Å². The molecule has 0 N–H and O–H groups in total. The number of ketones is 1. The summed E-state index contributed by atoms with van der Waals surface area (Å²) < 4.78 is 10.2. The molecule has 0 aliphatic heterocycles. The van der Waals surface area contributed by atoms with Crippen molar-refractivity contribution >= 4 is 23.5 Å². The summed E-state index contributed by atoms with van der Waals surface area (Å²) in [6, 6.07) is 12.4. The molecule has 3 nitrogen and oxygen atoms in total. The minimum Gasteiger partial charge on any atom is -0.497 e. The highest BCUT2D eigenvalue weighted by Crippen LogP contribution is 2.25. The van der Waals surface area contributed by atoms with Crippen LogP contribution in [0.25, 0.3) is 6.08 Å². The Kier molecular flexibility index (Phi) is 5.01. The molecule has 4 heteroatoms. The third kappa shape index (κ3) is 3.86. The van der Waals surface area contributed by atoms with Crippen molar-refractivity contribution in [1.82, 2.24) is 0 Å². The Morgan fingerprint density at radius 2 is 1.90 bits per heavy atom. The Morgan fingerprint density at radius 3 is 2.57 bits per heavy atom. The molecule has 2 aromatic carbocycles. The SMILES string of the molecule is COc1cccc(C(=O)C=Cc2ccc(OC)c(Cl)c2)c1. The van der Waals surface area contributed by atoms with Gasteiger partial charge in [-0.1, -0.05) is 35.9 Å². The quantitative estimate of drug-likeness (QED) is 0.612. The second kappa shape index (κ2) is 6.95. The number of rotatable bonds is 5. The Balaban J connectivity index is 2.16. The maximum absolute atomic E-state index is 12.1. The van der Waals surface area contributed by atoms with Gasteiger partial charge in [-0.3, -0.25) is 4.79 Å². The summed E-state index contributed by atoms with van der Waals surface area (Å²) in [5.41, 5.74) is 1.40. The summed E-state index contributed by atoms with van der Waals surface area (Å²) >= 11 is 6.04. The number of hydrogen-bond acceptors (Lipinski definition) is 3. The van der Waals surface area contributed by atoms with Crippen molar-refractivity contribution in [2.75, 3.05) is 14.2 Å². The minimum atomic E-state index is -0.0964. The van der Waals surface area contributed by atoms with E-state index in [0.717, 1.165) is 5.56 Å². The van der Waals surface area contributed by atoms with Crippen molar-refractivity contribution in [2.45, 2.75) is 0 Å². The van der Waals surface area contributed by atoms with Crippen LogP contribution in [-0.4, -0.2) is 20.0 Å². The van der Waals surface area contributed by atoms with Gasteiger partial charge in [0.25, 0.3) is 0 Å². The molecule has 0 aliphatic rings. The standard InChI is InChI=1S/C17H15ClO3/c1-20-14-5-3-4-13(11-14)16(19)8-6-12-7-9-17(21-2)15(18)10-12/h3-11H,1-2H3. The third-order valence-electron chi connectivity index (χ3n) is 2.96. The normalized spacial score (nSPS) is 10.6. The zero-order valence-electron chi connectivity index (χ0n) is 11.8. The second-order valence-electron chi connectivity index (χ2n) is 4.32. The fraction of sp³-hybridized carbons (Fsp3) is 0.118. The first-order valence-corrected chi connectivity index (χ1v) is 6.72. The van der Waals surface area contributed by atoms with Crippen molar-refractivity contribution in [1.29, 1.82) is 0 Å². The summed E-state index contributed by atoms with van der Waals surface area (Å²) in [6.07, 6.45) is 3.22. The molecule has 21 heavy (non-hydrogen) atoms. The predicted molar refractivity (Wildman–Crippen MR) is 84.4 cm³/mol. The minimum absolute atomic E-state index is 0.0964. The van der Waals surface area contributed by atoms with E-state index in [1.165, 1.54) is 6.08 Å². The summed E-state index contributed by atoms with van der Waals surface area (Å²) in [7, 11) is 3.13. The van der Waals surface area contributed by atoms with Crippen molar-refractivity contribution in [3.05, 3.63) is 64.7 Å². The van der Waals surface area contributed by atoms with Gasteiger partial charge in [0, 0.05) is 5.56 Å². The molecule has 0 saturated heterocycles. The molecule has 0 saturated carbocycles. The highest BCUT2D eigenvalue weighted by Gasteiger charge is 2.04. The van der Waals surface area contributed by atoms with E-state index >= 15 is 0 Å². The van der Waals surface area contributed by atoms with Gasteiger partial charge in [-0.2, -0.15) is 0 Å². The maximum Gasteiger partial charge on any atom is 0.185 e. The van der Waals surface area contributed by atoms with Gasteiger partial charge in [-0.05, 0) is 35.9 Å². The van der Waals surface area contributed by atoms with E-state index in [2.05, 4.69) is 0 Å². The van der Waals surface area contributed by atoms with Gasteiger partial charge in [0.2, 0.25) is 0 Å². The second-order valence-corrected chi connectivity index (χ2v) is 4.73. The van der Waals surface area contributed by atoms with Crippen LogP contribution in [0.2, 0.25) is 5.02 Å². The van der Waals surface area contributed by atoms with E-state index in [0.29, 0.717) is 22.1 Å². The number of carbonyl (C=O) groups excluding carboxylic acids is 1. The van der Waals surface area contributed by atoms with Crippen molar-refractivity contribution in [3.8, 4) is 11.5 Å². The van der Waals surface area contributed by atoms with Crippen LogP contribution in [0, 0.1) is 0 Å². The van der Waals surface area contributed by atoms with E-state index in [4.69, 9.17) is 21.1 Å². The average Bonchev–Trinajstić information content (AvgIpc) is 2.52. The van der Waals surface area contributed by atoms with Crippen LogP contribution in [0.15, 0.2) is 48.5 Å². The Morgan fingerprint density at radius 1 is 1.10 bits per heavy atom. The van der Waals surface area contributed by atoms with Crippen LogP contribution in [0.1, 0.15) is 15.9 Å². The summed E-state index contributed by atoms with van der Waals surface area (Å²) in [6.45, 7) is 0. The molecule has 2 aromatic rings. The maximum atomic E-state index is 12.1. The molecule has 0 aliphatic carbocycles. The molecule has 0 atom stereocenters. The molecular weight excluding hydrogens is 288 g/mol. The topological polar surface area (TPSA) is 35.5 Å². The largest absolute Gasteiger partial charge is 0.497 e. The van der Waals surface area contributed by atoms with Crippen LogP contribution in [-0.2, 0) is 0 Å². The molecule has 2 rings (SSSR count). The van der Waals surface area contributed by atoms with Gasteiger partial charge in [0.1, 0.15) is 11.5 Å². The van der Waals surface area contributed by atoms with Gasteiger partial charge in [0.15, 0.2) is 5.78 Å². The number of allylic oxidation sites excluding steroid dienone is 1. The zero-order valence-corrected chi connectivity index (χ0v) is 12.6. The smallest absolute Gasteiger partial charge is 0.185 e. The summed E-state index contributed by atoms with van der Waals surface area (Å²) in [5, 5.41) is 0.508. The molecular formula is C17H15ClO3. The van der Waals surface area contributed by atoms with Crippen molar-refractivity contribution < 1.29 is 14.3 Å². The number of halogens is 1. The lowest BCUT2D eigenvalue weighted by Gasteiger charge is -2.03. The molecule has 0 aromatic heterocycles. The predicted octanol–water partition coefficient (Wildman–Crippen LogP) is 4.25. The first kappa shape index (κ1) is 15.1. The number of methoxy groups -OCH3 is 2.